The Kier molecular flexibility index (Phi) is 6.34. The molecule has 10 heteroatoms. The summed E-state index contributed by atoms with van der Waals surface area (Å²) in [6, 6.07) is 11.6. The maximum Gasteiger partial charge on any atom is 0.322 e. The fourth-order valence-electron chi connectivity index (χ4n) is 3.85. The summed E-state index contributed by atoms with van der Waals surface area (Å²) in [6.07, 6.45) is 1.60. The highest BCUT2D eigenvalue weighted by Gasteiger charge is 2.34. The Morgan fingerprint density at radius 2 is 1.91 bits per heavy atom. The molecule has 0 spiro atoms. The Balaban J connectivity index is 1.57. The van der Waals surface area contributed by atoms with Crippen LogP contribution in [0.5, 0.6) is 0 Å². The van der Waals surface area contributed by atoms with Crippen molar-refractivity contribution in [3.63, 3.8) is 0 Å². The number of hydrogen-bond acceptors (Lipinski definition) is 4. The highest BCUT2D eigenvalue weighted by Crippen LogP contribution is 2.33. The van der Waals surface area contributed by atoms with Gasteiger partial charge in [0.1, 0.15) is 5.82 Å². The molecule has 3 amide bonds. The molecule has 2 aromatic carbocycles. The molecule has 3 N–H and O–H groups in total. The van der Waals surface area contributed by atoms with Crippen LogP contribution in [0.15, 0.2) is 42.5 Å². The molecular weight excluding hydrogens is 451 g/mol. The number of nitrogens with one attached hydrogen (secondary N) is 1. The molecule has 0 aliphatic carbocycles. The maximum atomic E-state index is 13.1. The SMILES string of the molecule is Cc1nnc([C@H]2CCCN2C(=O)Nc2cc(C(N)=O)ccc2Cl)n1Cc1ccc(Cl)cc1. The van der Waals surface area contributed by atoms with Crippen molar-refractivity contribution in [1.29, 1.82) is 0 Å². The second kappa shape index (κ2) is 9.18. The Morgan fingerprint density at radius 3 is 2.62 bits per heavy atom. The van der Waals surface area contributed by atoms with Crippen LogP contribution < -0.4 is 11.1 Å². The fourth-order valence-corrected chi connectivity index (χ4v) is 4.14. The van der Waals surface area contributed by atoms with Crippen molar-refractivity contribution in [2.24, 2.45) is 5.73 Å². The zero-order valence-electron chi connectivity index (χ0n) is 17.4. The molecule has 1 fully saturated rings. The lowest BCUT2D eigenvalue weighted by molar-refractivity contribution is 0.1000. The minimum Gasteiger partial charge on any atom is -0.366 e. The van der Waals surface area contributed by atoms with Crippen molar-refractivity contribution in [2.45, 2.75) is 32.4 Å². The number of likely N-dealkylation sites (tertiary alicyclic amines) is 1. The zero-order valence-corrected chi connectivity index (χ0v) is 18.9. The second-order valence-corrected chi connectivity index (χ2v) is 8.50. The normalized spacial score (nSPS) is 15.7. The van der Waals surface area contributed by atoms with E-state index in [1.807, 2.05) is 35.8 Å². The van der Waals surface area contributed by atoms with E-state index in [-0.39, 0.29) is 17.6 Å². The van der Waals surface area contributed by atoms with Crippen molar-refractivity contribution < 1.29 is 9.59 Å². The third-order valence-corrected chi connectivity index (χ3v) is 6.10. The van der Waals surface area contributed by atoms with Gasteiger partial charge in [-0.05, 0) is 55.7 Å². The van der Waals surface area contributed by atoms with Crippen LogP contribution in [0.1, 0.15) is 46.5 Å². The highest BCUT2D eigenvalue weighted by molar-refractivity contribution is 6.33. The Hall–Kier alpha value is -3.10. The number of rotatable bonds is 5. The van der Waals surface area contributed by atoms with Gasteiger partial charge in [0.2, 0.25) is 5.91 Å². The van der Waals surface area contributed by atoms with E-state index >= 15 is 0 Å². The largest absolute Gasteiger partial charge is 0.366 e. The summed E-state index contributed by atoms with van der Waals surface area (Å²) >= 11 is 12.2. The summed E-state index contributed by atoms with van der Waals surface area (Å²) in [5.41, 5.74) is 7.00. The first-order valence-electron chi connectivity index (χ1n) is 10.1. The average Bonchev–Trinajstić information content (AvgIpc) is 3.38. The van der Waals surface area contributed by atoms with Gasteiger partial charge in [0, 0.05) is 17.1 Å². The van der Waals surface area contributed by atoms with Gasteiger partial charge in [-0.1, -0.05) is 35.3 Å². The standard InChI is InChI=1S/C22H22Cl2N6O2/c1-13-27-28-21(30(13)12-14-4-7-16(23)8-5-14)19-3-2-10-29(19)22(32)26-18-11-15(20(25)31)6-9-17(18)24/h4-9,11,19H,2-3,10,12H2,1H3,(H2,25,31)(H,26,32)/t19-/m1/s1. The van der Waals surface area contributed by atoms with E-state index in [1.54, 1.807) is 4.90 Å². The van der Waals surface area contributed by atoms with Crippen LogP contribution in [0, 0.1) is 6.92 Å². The summed E-state index contributed by atoms with van der Waals surface area (Å²) in [4.78, 5) is 26.3. The monoisotopic (exact) mass is 472 g/mol. The molecule has 1 atom stereocenters. The molecule has 166 valence electrons. The smallest absolute Gasteiger partial charge is 0.322 e. The number of anilines is 1. The van der Waals surface area contributed by atoms with Gasteiger partial charge in [0.05, 0.1) is 23.3 Å². The van der Waals surface area contributed by atoms with E-state index < -0.39 is 5.91 Å². The number of aromatic nitrogens is 3. The molecule has 0 bridgehead atoms. The molecule has 1 aliphatic heterocycles. The van der Waals surface area contributed by atoms with Crippen molar-refractivity contribution in [3.05, 3.63) is 75.3 Å². The Morgan fingerprint density at radius 1 is 1.16 bits per heavy atom. The van der Waals surface area contributed by atoms with Crippen molar-refractivity contribution >= 4 is 40.8 Å². The van der Waals surface area contributed by atoms with Crippen molar-refractivity contribution in [2.75, 3.05) is 11.9 Å². The number of carbonyl (C=O) groups excluding carboxylic acids is 2. The van der Waals surface area contributed by atoms with E-state index in [0.29, 0.717) is 28.8 Å². The third-order valence-electron chi connectivity index (χ3n) is 5.52. The molecule has 3 aromatic rings. The lowest BCUT2D eigenvalue weighted by Crippen LogP contribution is -2.35. The zero-order chi connectivity index (χ0) is 22.8. The van der Waals surface area contributed by atoms with E-state index in [4.69, 9.17) is 28.9 Å². The van der Waals surface area contributed by atoms with E-state index in [2.05, 4.69) is 15.5 Å². The average molecular weight is 473 g/mol. The number of halogens is 2. The molecule has 0 radical (unpaired) electrons. The van der Waals surface area contributed by atoms with Crippen LogP contribution in [0.25, 0.3) is 0 Å². The summed E-state index contributed by atoms with van der Waals surface area (Å²) in [5.74, 6) is 0.892. The number of primary amides is 1. The number of benzene rings is 2. The first-order valence-corrected chi connectivity index (χ1v) is 10.9. The van der Waals surface area contributed by atoms with Gasteiger partial charge in [-0.3, -0.25) is 4.79 Å². The first-order chi connectivity index (χ1) is 15.3. The minimum atomic E-state index is -0.595. The fraction of sp³-hybridized carbons (Fsp3) is 0.273. The number of carbonyl (C=O) groups is 2. The predicted molar refractivity (Wildman–Crippen MR) is 123 cm³/mol. The van der Waals surface area contributed by atoms with Gasteiger partial charge >= 0.3 is 6.03 Å². The molecule has 32 heavy (non-hydrogen) atoms. The van der Waals surface area contributed by atoms with Gasteiger partial charge in [-0.15, -0.1) is 10.2 Å². The summed E-state index contributed by atoms with van der Waals surface area (Å²) in [7, 11) is 0. The van der Waals surface area contributed by atoms with Gasteiger partial charge in [-0.2, -0.15) is 0 Å². The molecule has 0 saturated carbocycles. The van der Waals surface area contributed by atoms with Crippen LogP contribution in [-0.2, 0) is 6.54 Å². The topological polar surface area (TPSA) is 106 Å². The molecular formula is C22H22Cl2N6O2. The lowest BCUT2D eigenvalue weighted by Gasteiger charge is -2.25. The second-order valence-electron chi connectivity index (χ2n) is 7.66. The van der Waals surface area contributed by atoms with E-state index in [1.165, 1.54) is 18.2 Å². The van der Waals surface area contributed by atoms with E-state index in [0.717, 1.165) is 30.1 Å². The summed E-state index contributed by atoms with van der Waals surface area (Å²) in [6.45, 7) is 3.03. The number of urea groups is 1. The van der Waals surface area contributed by atoms with Crippen molar-refractivity contribution in [1.82, 2.24) is 19.7 Å². The number of hydrogen-bond donors (Lipinski definition) is 2. The molecule has 1 saturated heterocycles. The number of nitrogens with two attached hydrogens (primary N) is 1. The van der Waals surface area contributed by atoms with Gasteiger partial charge < -0.3 is 20.5 Å². The van der Waals surface area contributed by atoms with Crippen LogP contribution in [0.3, 0.4) is 0 Å². The van der Waals surface area contributed by atoms with E-state index in [9.17, 15) is 9.59 Å². The Labute approximate surface area is 195 Å². The minimum absolute atomic E-state index is 0.235. The molecule has 1 aromatic heterocycles. The molecule has 2 heterocycles. The van der Waals surface area contributed by atoms with Crippen LogP contribution >= 0.6 is 23.2 Å². The maximum absolute atomic E-state index is 13.1. The number of nitrogens with zero attached hydrogens (tertiary/aromatic N) is 4. The lowest BCUT2D eigenvalue weighted by atomic mass is 10.2. The van der Waals surface area contributed by atoms with Crippen LogP contribution in [0.4, 0.5) is 10.5 Å². The predicted octanol–water partition coefficient (Wildman–Crippen LogP) is 4.41. The first kappa shape index (κ1) is 22.1. The van der Waals surface area contributed by atoms with Crippen molar-refractivity contribution in [3.8, 4) is 0 Å². The number of aryl methyl sites for hydroxylation is 1. The number of amides is 3. The molecule has 0 unspecified atom stereocenters. The summed E-state index contributed by atoms with van der Waals surface area (Å²) in [5, 5.41) is 12.4. The molecule has 4 rings (SSSR count). The molecule has 1 aliphatic rings. The Bertz CT molecular complexity index is 1160. The summed E-state index contributed by atoms with van der Waals surface area (Å²) < 4.78 is 2.01. The third kappa shape index (κ3) is 4.56. The van der Waals surface area contributed by atoms with Crippen LogP contribution in [-0.4, -0.2) is 38.1 Å². The van der Waals surface area contributed by atoms with Crippen LogP contribution in [0.2, 0.25) is 10.0 Å². The highest BCUT2D eigenvalue weighted by atomic mass is 35.5. The van der Waals surface area contributed by atoms with Gasteiger partial charge in [0.25, 0.3) is 0 Å². The van der Waals surface area contributed by atoms with Gasteiger partial charge in [0.15, 0.2) is 5.82 Å². The molecule has 8 nitrogen and oxygen atoms in total. The quantitative estimate of drug-likeness (QED) is 0.573. The van der Waals surface area contributed by atoms with Gasteiger partial charge in [-0.25, -0.2) is 4.79 Å².